The summed E-state index contributed by atoms with van der Waals surface area (Å²) in [6.45, 7) is 0.540. The number of hydrogen-bond donors (Lipinski definition) is 1. The molecular formula is C18H20ClNO3S. The minimum Gasteiger partial charge on any atom is -0.384 e. The lowest BCUT2D eigenvalue weighted by Crippen LogP contribution is -2.28. The Bertz CT molecular complexity index is 808. The lowest BCUT2D eigenvalue weighted by Gasteiger charge is -2.15. The Kier molecular flexibility index (Phi) is 4.71. The third-order valence-electron chi connectivity index (χ3n) is 4.81. The highest BCUT2D eigenvalue weighted by atomic mass is 35.5. The van der Waals surface area contributed by atoms with Crippen molar-refractivity contribution in [2.75, 3.05) is 20.3 Å². The van der Waals surface area contributed by atoms with Crippen molar-refractivity contribution in [2.24, 2.45) is 11.1 Å². The molecule has 2 aromatic carbocycles. The quantitative estimate of drug-likeness (QED) is 0.854. The van der Waals surface area contributed by atoms with Gasteiger partial charge in [0, 0.05) is 30.0 Å². The number of benzene rings is 2. The van der Waals surface area contributed by atoms with Gasteiger partial charge in [-0.25, -0.2) is 8.42 Å². The molecule has 1 aliphatic rings. The molecule has 0 amide bonds. The van der Waals surface area contributed by atoms with E-state index in [1.54, 1.807) is 49.6 Å². The van der Waals surface area contributed by atoms with E-state index in [0.29, 0.717) is 16.5 Å². The number of sulfone groups is 1. The van der Waals surface area contributed by atoms with Gasteiger partial charge in [0.1, 0.15) is 0 Å². The van der Waals surface area contributed by atoms with Crippen LogP contribution in [0.5, 0.6) is 0 Å². The molecule has 128 valence electrons. The molecule has 3 atom stereocenters. The van der Waals surface area contributed by atoms with Gasteiger partial charge in [0.15, 0.2) is 9.84 Å². The van der Waals surface area contributed by atoms with E-state index < -0.39 is 20.5 Å². The van der Waals surface area contributed by atoms with Gasteiger partial charge in [0.25, 0.3) is 0 Å². The molecule has 24 heavy (non-hydrogen) atoms. The molecular weight excluding hydrogens is 346 g/mol. The third-order valence-corrected chi connectivity index (χ3v) is 7.40. The van der Waals surface area contributed by atoms with Crippen LogP contribution >= 0.6 is 11.6 Å². The number of halogens is 1. The summed E-state index contributed by atoms with van der Waals surface area (Å²) in [6, 6.07) is 15.8. The molecule has 1 aliphatic carbocycles. The van der Waals surface area contributed by atoms with Gasteiger partial charge in [-0.05, 0) is 29.8 Å². The second-order valence-electron chi connectivity index (χ2n) is 6.18. The molecule has 3 rings (SSSR count). The highest BCUT2D eigenvalue weighted by Crippen LogP contribution is 2.63. The zero-order valence-corrected chi connectivity index (χ0v) is 14.9. The Morgan fingerprint density at radius 2 is 1.75 bits per heavy atom. The highest BCUT2D eigenvalue weighted by Gasteiger charge is 2.70. The Hall–Kier alpha value is -1.40. The fraction of sp³-hybridized carbons (Fsp3) is 0.333. The van der Waals surface area contributed by atoms with Crippen molar-refractivity contribution < 1.29 is 13.2 Å². The van der Waals surface area contributed by atoms with Gasteiger partial charge < -0.3 is 10.5 Å². The zero-order valence-electron chi connectivity index (χ0n) is 13.4. The van der Waals surface area contributed by atoms with E-state index >= 15 is 0 Å². The second-order valence-corrected chi connectivity index (χ2v) is 8.68. The average Bonchev–Trinajstić information content (AvgIpc) is 3.26. The number of rotatable bonds is 6. The van der Waals surface area contributed by atoms with E-state index in [-0.39, 0.29) is 12.5 Å². The number of hydrogen-bond acceptors (Lipinski definition) is 4. The fourth-order valence-electron chi connectivity index (χ4n) is 3.62. The first kappa shape index (κ1) is 17.4. The van der Waals surface area contributed by atoms with E-state index in [1.807, 2.05) is 12.1 Å². The summed E-state index contributed by atoms with van der Waals surface area (Å²) >= 11 is 5.96. The van der Waals surface area contributed by atoms with Crippen LogP contribution in [0, 0.1) is 5.41 Å². The van der Waals surface area contributed by atoms with Crippen molar-refractivity contribution in [1.82, 2.24) is 0 Å². The molecule has 2 N–H and O–H groups in total. The Balaban J connectivity index is 2.05. The Morgan fingerprint density at radius 3 is 2.29 bits per heavy atom. The molecule has 0 heterocycles. The summed E-state index contributed by atoms with van der Waals surface area (Å²) in [6.07, 6.45) is 0. The van der Waals surface area contributed by atoms with Crippen molar-refractivity contribution in [1.29, 1.82) is 0 Å². The molecule has 1 saturated carbocycles. The summed E-state index contributed by atoms with van der Waals surface area (Å²) in [5.74, 6) is -0.204. The molecule has 1 fully saturated rings. The van der Waals surface area contributed by atoms with Crippen LogP contribution < -0.4 is 5.73 Å². The van der Waals surface area contributed by atoms with E-state index in [0.717, 1.165) is 5.56 Å². The minimum absolute atomic E-state index is 0.204. The van der Waals surface area contributed by atoms with Gasteiger partial charge in [0.05, 0.1) is 16.8 Å². The summed E-state index contributed by atoms with van der Waals surface area (Å²) < 4.78 is 31.6. The number of methoxy groups -OCH3 is 1. The normalized spacial score (nSPS) is 26.3. The third kappa shape index (κ3) is 2.75. The summed E-state index contributed by atoms with van der Waals surface area (Å²) in [4.78, 5) is 0.320. The van der Waals surface area contributed by atoms with Gasteiger partial charge in [-0.3, -0.25) is 0 Å². The Morgan fingerprint density at radius 1 is 1.12 bits per heavy atom. The van der Waals surface area contributed by atoms with Crippen LogP contribution in [0.2, 0.25) is 5.02 Å². The molecule has 0 unspecified atom stereocenters. The van der Waals surface area contributed by atoms with Crippen LogP contribution in [0.1, 0.15) is 11.5 Å². The van der Waals surface area contributed by atoms with E-state index in [1.165, 1.54) is 0 Å². The molecule has 4 nitrogen and oxygen atoms in total. The summed E-state index contributed by atoms with van der Waals surface area (Å²) in [5, 5.41) is 0.0190. The monoisotopic (exact) mass is 365 g/mol. The fourth-order valence-corrected chi connectivity index (χ4v) is 6.21. The highest BCUT2D eigenvalue weighted by molar-refractivity contribution is 7.92. The summed E-state index contributed by atoms with van der Waals surface area (Å²) in [7, 11) is -1.94. The van der Waals surface area contributed by atoms with Gasteiger partial charge in [0.2, 0.25) is 0 Å². The van der Waals surface area contributed by atoms with E-state index in [9.17, 15) is 8.42 Å². The van der Waals surface area contributed by atoms with Crippen LogP contribution in [0.25, 0.3) is 0 Å². The molecule has 2 aromatic rings. The lowest BCUT2D eigenvalue weighted by atomic mass is 10.0. The average molecular weight is 366 g/mol. The van der Waals surface area contributed by atoms with Crippen LogP contribution in [0.15, 0.2) is 59.5 Å². The number of ether oxygens (including phenoxy) is 1. The SMILES string of the molecule is COC[C@]1(CN)[C@H](c2ccc(Cl)cc2)[C@H]1S(=O)(=O)c1ccccc1. The molecule has 0 aliphatic heterocycles. The molecule has 0 saturated heterocycles. The molecule has 0 bridgehead atoms. The molecule has 0 aromatic heterocycles. The summed E-state index contributed by atoms with van der Waals surface area (Å²) in [5.41, 5.74) is 6.32. The van der Waals surface area contributed by atoms with Crippen LogP contribution in [0.3, 0.4) is 0 Å². The van der Waals surface area contributed by atoms with Gasteiger partial charge in [-0.1, -0.05) is 41.9 Å². The standard InChI is InChI=1S/C18H20ClNO3S/c1-23-12-18(11-20)16(13-7-9-14(19)10-8-13)17(18)24(21,22)15-5-3-2-4-6-15/h2-10,16-17H,11-12,20H2,1H3/t16-,17-,18-/m1/s1. The topological polar surface area (TPSA) is 69.4 Å². The van der Waals surface area contributed by atoms with Crippen molar-refractivity contribution in [3.63, 3.8) is 0 Å². The largest absolute Gasteiger partial charge is 0.384 e. The van der Waals surface area contributed by atoms with Crippen LogP contribution in [-0.4, -0.2) is 33.9 Å². The van der Waals surface area contributed by atoms with Crippen molar-refractivity contribution in [3.05, 3.63) is 65.2 Å². The lowest BCUT2D eigenvalue weighted by molar-refractivity contribution is 0.142. The maximum Gasteiger partial charge on any atom is 0.182 e. The second kappa shape index (κ2) is 6.48. The Labute approximate surface area is 147 Å². The predicted octanol–water partition coefficient (Wildman–Crippen LogP) is 2.87. The van der Waals surface area contributed by atoms with E-state index in [4.69, 9.17) is 22.1 Å². The first-order valence-corrected chi connectivity index (χ1v) is 9.63. The van der Waals surface area contributed by atoms with Crippen molar-refractivity contribution in [2.45, 2.75) is 16.1 Å². The molecule has 0 spiro atoms. The first-order chi connectivity index (χ1) is 11.5. The maximum absolute atomic E-state index is 13.2. The van der Waals surface area contributed by atoms with Crippen molar-refractivity contribution >= 4 is 21.4 Å². The smallest absolute Gasteiger partial charge is 0.182 e. The first-order valence-electron chi connectivity index (χ1n) is 7.71. The van der Waals surface area contributed by atoms with Gasteiger partial charge >= 0.3 is 0 Å². The zero-order chi connectivity index (χ0) is 17.4. The van der Waals surface area contributed by atoms with Crippen LogP contribution in [-0.2, 0) is 14.6 Å². The number of nitrogens with two attached hydrogens (primary N) is 1. The van der Waals surface area contributed by atoms with E-state index in [2.05, 4.69) is 0 Å². The van der Waals surface area contributed by atoms with Gasteiger partial charge in [-0.2, -0.15) is 0 Å². The van der Waals surface area contributed by atoms with Crippen LogP contribution in [0.4, 0.5) is 0 Å². The predicted molar refractivity (Wildman–Crippen MR) is 95.0 cm³/mol. The maximum atomic E-state index is 13.2. The van der Waals surface area contributed by atoms with Crippen molar-refractivity contribution in [3.8, 4) is 0 Å². The molecule has 0 radical (unpaired) electrons. The minimum atomic E-state index is -3.51. The molecule has 6 heteroatoms. The van der Waals surface area contributed by atoms with Gasteiger partial charge in [-0.15, -0.1) is 0 Å².